The van der Waals surface area contributed by atoms with Crippen molar-refractivity contribution in [1.29, 1.82) is 0 Å². The summed E-state index contributed by atoms with van der Waals surface area (Å²) in [5, 5.41) is 18.9. The maximum atomic E-state index is 12.5. The Morgan fingerprint density at radius 3 is 2.58 bits per heavy atom. The molecule has 0 aliphatic heterocycles. The monoisotopic (exact) mass is 370 g/mol. The average Bonchev–Trinajstić information content (AvgIpc) is 3.12. The van der Waals surface area contributed by atoms with Crippen LogP contribution in [-0.2, 0) is 6.54 Å². The number of carbonyl (C=O) groups is 1. The van der Waals surface area contributed by atoms with Crippen LogP contribution in [0.1, 0.15) is 27.7 Å². The molecule has 0 saturated carbocycles. The molecule has 0 unspecified atom stereocenters. The first-order valence-electron chi connectivity index (χ1n) is 8.16. The van der Waals surface area contributed by atoms with E-state index in [0.717, 1.165) is 11.1 Å². The van der Waals surface area contributed by atoms with Crippen LogP contribution >= 0.6 is 11.6 Å². The zero-order valence-corrected chi connectivity index (χ0v) is 15.0. The molecule has 1 amide bonds. The van der Waals surface area contributed by atoms with E-state index in [1.807, 2.05) is 42.5 Å². The Hall–Kier alpha value is -2.70. The Morgan fingerprint density at radius 1 is 1.19 bits per heavy atom. The minimum Gasteiger partial charge on any atom is -0.387 e. The molecule has 1 aromatic heterocycles. The maximum absolute atomic E-state index is 12.5. The molecule has 0 bridgehead atoms. The molecule has 0 fully saturated rings. The number of hydrogen-bond acceptors (Lipinski definition) is 4. The molecule has 1 atom stereocenters. The average molecular weight is 371 g/mol. The lowest BCUT2D eigenvalue weighted by Crippen LogP contribution is -2.31. The second-order valence-corrected chi connectivity index (χ2v) is 6.48. The fourth-order valence-electron chi connectivity index (χ4n) is 2.57. The molecule has 1 heterocycles. The van der Waals surface area contributed by atoms with Gasteiger partial charge < -0.3 is 10.0 Å². The summed E-state index contributed by atoms with van der Waals surface area (Å²) in [6, 6.07) is 16.6. The molecule has 1 N–H and O–H groups in total. The lowest BCUT2D eigenvalue weighted by atomic mass is 10.1. The van der Waals surface area contributed by atoms with Crippen molar-refractivity contribution in [3.05, 3.63) is 82.6 Å². The van der Waals surface area contributed by atoms with Gasteiger partial charge in [0.1, 0.15) is 0 Å². The Kier molecular flexibility index (Phi) is 5.65. The first-order valence-corrected chi connectivity index (χ1v) is 8.54. The van der Waals surface area contributed by atoms with Crippen LogP contribution in [0.15, 0.2) is 60.8 Å². The lowest BCUT2D eigenvalue weighted by molar-refractivity contribution is 0.0675. The number of likely N-dealkylation sites (N-methyl/N-ethyl adjacent to an activating group) is 1. The van der Waals surface area contributed by atoms with Gasteiger partial charge in [-0.2, -0.15) is 0 Å². The fourth-order valence-corrected chi connectivity index (χ4v) is 2.70. The Bertz CT molecular complexity index is 865. The summed E-state index contributed by atoms with van der Waals surface area (Å²) in [5.41, 5.74) is 2.01. The Morgan fingerprint density at radius 2 is 1.88 bits per heavy atom. The van der Waals surface area contributed by atoms with Gasteiger partial charge in [-0.25, -0.2) is 4.68 Å². The van der Waals surface area contributed by atoms with Crippen molar-refractivity contribution < 1.29 is 9.90 Å². The minimum atomic E-state index is -0.755. The van der Waals surface area contributed by atoms with Gasteiger partial charge in [-0.15, -0.1) is 5.10 Å². The first kappa shape index (κ1) is 18.1. The molecule has 2 aromatic carbocycles. The second kappa shape index (κ2) is 8.12. The normalized spacial score (nSPS) is 12.0. The van der Waals surface area contributed by atoms with Gasteiger partial charge in [0.15, 0.2) is 5.69 Å². The summed E-state index contributed by atoms with van der Waals surface area (Å²) < 4.78 is 1.60. The molecule has 0 aliphatic rings. The highest BCUT2D eigenvalue weighted by Gasteiger charge is 2.19. The van der Waals surface area contributed by atoms with Gasteiger partial charge in [0.25, 0.3) is 5.91 Å². The summed E-state index contributed by atoms with van der Waals surface area (Å²) >= 11 is 5.88. The van der Waals surface area contributed by atoms with E-state index in [1.54, 1.807) is 30.1 Å². The quantitative estimate of drug-likeness (QED) is 0.724. The second-order valence-electron chi connectivity index (χ2n) is 6.04. The van der Waals surface area contributed by atoms with Crippen LogP contribution in [0.3, 0.4) is 0 Å². The van der Waals surface area contributed by atoms with Gasteiger partial charge in [0, 0.05) is 12.1 Å². The molecule has 0 aliphatic carbocycles. The van der Waals surface area contributed by atoms with E-state index in [2.05, 4.69) is 10.3 Å². The van der Waals surface area contributed by atoms with E-state index >= 15 is 0 Å². The van der Waals surface area contributed by atoms with Crippen molar-refractivity contribution in [3.63, 3.8) is 0 Å². The van der Waals surface area contributed by atoms with Crippen LogP contribution in [-0.4, -0.2) is 44.5 Å². The predicted molar refractivity (Wildman–Crippen MR) is 98.9 cm³/mol. The highest BCUT2D eigenvalue weighted by molar-refractivity contribution is 6.30. The van der Waals surface area contributed by atoms with Crippen molar-refractivity contribution in [3.8, 4) is 0 Å². The molecular weight excluding hydrogens is 352 g/mol. The van der Waals surface area contributed by atoms with Gasteiger partial charge in [0.05, 0.1) is 25.4 Å². The molecule has 7 heteroatoms. The molecule has 26 heavy (non-hydrogen) atoms. The maximum Gasteiger partial charge on any atom is 0.275 e. The van der Waals surface area contributed by atoms with Crippen molar-refractivity contribution in [2.75, 3.05) is 13.6 Å². The van der Waals surface area contributed by atoms with E-state index < -0.39 is 6.10 Å². The predicted octanol–water partition coefficient (Wildman–Crippen LogP) is 2.79. The SMILES string of the molecule is CN(C[C@@H](O)c1ccccc1)C(=O)c1cn(Cc2ccc(Cl)cc2)nn1. The lowest BCUT2D eigenvalue weighted by Gasteiger charge is -2.20. The summed E-state index contributed by atoms with van der Waals surface area (Å²) in [6.45, 7) is 0.667. The van der Waals surface area contributed by atoms with Gasteiger partial charge in [-0.3, -0.25) is 4.79 Å². The molecule has 3 rings (SSSR count). The van der Waals surface area contributed by atoms with Crippen LogP contribution in [0, 0.1) is 0 Å². The highest BCUT2D eigenvalue weighted by Crippen LogP contribution is 2.14. The standard InChI is InChI=1S/C19H19ClN4O2/c1-23(13-18(25)15-5-3-2-4-6-15)19(26)17-12-24(22-21-17)11-14-7-9-16(20)10-8-14/h2-10,12,18,25H,11,13H2,1H3/t18-/m1/s1. The van der Waals surface area contributed by atoms with Crippen LogP contribution in [0.5, 0.6) is 0 Å². The number of amides is 1. The third-order valence-corrected chi connectivity index (χ3v) is 4.25. The Labute approximate surface area is 156 Å². The molecule has 3 aromatic rings. The summed E-state index contributed by atoms with van der Waals surface area (Å²) in [5.74, 6) is -0.290. The number of nitrogens with zero attached hydrogens (tertiary/aromatic N) is 4. The van der Waals surface area contributed by atoms with Gasteiger partial charge in [-0.05, 0) is 23.3 Å². The van der Waals surface area contributed by atoms with E-state index in [1.165, 1.54) is 4.90 Å². The van der Waals surface area contributed by atoms with Crippen LogP contribution < -0.4 is 0 Å². The number of aliphatic hydroxyl groups excluding tert-OH is 1. The molecule has 0 saturated heterocycles. The largest absolute Gasteiger partial charge is 0.387 e. The van der Waals surface area contributed by atoms with Crippen molar-refractivity contribution in [1.82, 2.24) is 19.9 Å². The van der Waals surface area contributed by atoms with Crippen molar-refractivity contribution in [2.24, 2.45) is 0 Å². The van der Waals surface area contributed by atoms with Gasteiger partial charge in [-0.1, -0.05) is 59.3 Å². The zero-order valence-electron chi connectivity index (χ0n) is 14.3. The molecule has 0 spiro atoms. The minimum absolute atomic E-state index is 0.174. The summed E-state index contributed by atoms with van der Waals surface area (Å²) in [6.07, 6.45) is 0.844. The number of rotatable bonds is 6. The first-order chi connectivity index (χ1) is 12.5. The zero-order chi connectivity index (χ0) is 18.5. The number of aromatic nitrogens is 3. The van der Waals surface area contributed by atoms with Crippen LogP contribution in [0.4, 0.5) is 0 Å². The van der Waals surface area contributed by atoms with Crippen molar-refractivity contribution >= 4 is 17.5 Å². The smallest absolute Gasteiger partial charge is 0.275 e. The third kappa shape index (κ3) is 4.47. The van der Waals surface area contributed by atoms with E-state index in [-0.39, 0.29) is 18.1 Å². The number of halogens is 1. The number of aliphatic hydroxyl groups is 1. The van der Waals surface area contributed by atoms with Gasteiger partial charge in [0.2, 0.25) is 0 Å². The van der Waals surface area contributed by atoms with Gasteiger partial charge >= 0.3 is 0 Å². The van der Waals surface area contributed by atoms with Crippen LogP contribution in [0.2, 0.25) is 5.02 Å². The third-order valence-electron chi connectivity index (χ3n) is 3.99. The molecule has 134 valence electrons. The van der Waals surface area contributed by atoms with E-state index in [0.29, 0.717) is 11.6 Å². The van der Waals surface area contributed by atoms with Crippen LogP contribution in [0.25, 0.3) is 0 Å². The van der Waals surface area contributed by atoms with E-state index in [4.69, 9.17) is 11.6 Å². The number of benzene rings is 2. The molecular formula is C19H19ClN4O2. The summed E-state index contributed by atoms with van der Waals surface area (Å²) in [7, 11) is 1.63. The Balaban J connectivity index is 1.62. The number of carbonyl (C=O) groups excluding carboxylic acids is 1. The molecule has 0 radical (unpaired) electrons. The summed E-state index contributed by atoms with van der Waals surface area (Å²) in [4.78, 5) is 13.9. The highest BCUT2D eigenvalue weighted by atomic mass is 35.5. The van der Waals surface area contributed by atoms with Crippen molar-refractivity contribution in [2.45, 2.75) is 12.6 Å². The molecule has 6 nitrogen and oxygen atoms in total. The number of hydrogen-bond donors (Lipinski definition) is 1. The fraction of sp³-hybridized carbons (Fsp3) is 0.211. The van der Waals surface area contributed by atoms with E-state index in [9.17, 15) is 9.90 Å². The topological polar surface area (TPSA) is 71.2 Å².